The van der Waals surface area contributed by atoms with Gasteiger partial charge in [0.2, 0.25) is 5.91 Å². The molecule has 0 radical (unpaired) electrons. The minimum atomic E-state index is -0.535. The number of anilines is 2. The van der Waals surface area contributed by atoms with Crippen molar-refractivity contribution in [2.75, 3.05) is 22.9 Å². The Bertz CT molecular complexity index is 829. The minimum absolute atomic E-state index is 0.00640. The first-order chi connectivity index (χ1) is 12.8. The van der Waals surface area contributed by atoms with Gasteiger partial charge in [0.25, 0.3) is 0 Å². The molecule has 0 unspecified atom stereocenters. The van der Waals surface area contributed by atoms with Gasteiger partial charge in [0, 0.05) is 41.7 Å². The molecule has 0 saturated carbocycles. The number of carbonyl (C=O) groups excluding carboxylic acids is 1. The van der Waals surface area contributed by atoms with Crippen molar-refractivity contribution in [2.24, 2.45) is 5.41 Å². The van der Waals surface area contributed by atoms with Gasteiger partial charge in [-0.15, -0.1) is 11.3 Å². The van der Waals surface area contributed by atoms with Crippen molar-refractivity contribution in [2.45, 2.75) is 45.8 Å². The number of piperazine rings is 1. The lowest BCUT2D eigenvalue weighted by Gasteiger charge is -2.29. The third-order valence-electron chi connectivity index (χ3n) is 5.19. The Hall–Kier alpha value is -1.99. The number of nitrogens with one attached hydrogen (secondary N) is 1. The molecule has 2 aliphatic rings. The number of aromatic nitrogens is 1. The summed E-state index contributed by atoms with van der Waals surface area (Å²) >= 11 is 1.63. The number of benzene rings is 1. The highest BCUT2D eigenvalue weighted by Crippen LogP contribution is 2.33. The zero-order valence-corrected chi connectivity index (χ0v) is 16.7. The zero-order chi connectivity index (χ0) is 19.2. The zero-order valence-electron chi connectivity index (χ0n) is 15.9. The first-order valence-corrected chi connectivity index (χ1v) is 10.2. The lowest BCUT2D eigenvalue weighted by molar-refractivity contribution is -0.125. The van der Waals surface area contributed by atoms with Crippen LogP contribution < -0.4 is 15.1 Å². The molecule has 7 heteroatoms. The number of halogens is 1. The van der Waals surface area contributed by atoms with Gasteiger partial charge < -0.3 is 15.1 Å². The van der Waals surface area contributed by atoms with E-state index < -0.39 is 5.41 Å². The van der Waals surface area contributed by atoms with Gasteiger partial charge in [-0.25, -0.2) is 9.37 Å². The van der Waals surface area contributed by atoms with Gasteiger partial charge in [-0.05, 0) is 30.7 Å². The third-order valence-corrected chi connectivity index (χ3v) is 6.11. The van der Waals surface area contributed by atoms with Crippen LogP contribution in [0, 0.1) is 11.2 Å². The first-order valence-electron chi connectivity index (χ1n) is 9.33. The van der Waals surface area contributed by atoms with Crippen LogP contribution in [0.1, 0.15) is 32.9 Å². The second-order valence-electron chi connectivity index (χ2n) is 8.39. The number of rotatable bonds is 4. The standard InChI is InChI=1S/C20H25FN4OS/c1-20(2,3)18(26)24(16-6-4-13(21)5-7-16)11-15-12-27-19(23-15)25-10-14-8-17(25)9-22-14/h4-7,12,14,17,22H,8-11H2,1-3H3/t14-,17-/m0/s1. The molecule has 5 nitrogen and oxygen atoms in total. The highest BCUT2D eigenvalue weighted by Gasteiger charge is 2.39. The molecular formula is C20H25FN4OS. The molecule has 3 heterocycles. The SMILES string of the molecule is CC(C)(C)C(=O)N(Cc1csc(N2C[C@@H]3C[C@H]2CN3)n1)c1ccc(F)cc1. The summed E-state index contributed by atoms with van der Waals surface area (Å²) in [4.78, 5) is 21.9. The molecule has 4 rings (SSSR count). The number of hydrogen-bond acceptors (Lipinski definition) is 5. The minimum Gasteiger partial charge on any atom is -0.342 e. The van der Waals surface area contributed by atoms with Crippen LogP contribution >= 0.6 is 11.3 Å². The summed E-state index contributed by atoms with van der Waals surface area (Å²) in [6, 6.07) is 7.17. The predicted molar refractivity (Wildman–Crippen MR) is 107 cm³/mol. The number of hydrogen-bond donors (Lipinski definition) is 1. The maximum absolute atomic E-state index is 13.3. The van der Waals surface area contributed by atoms with E-state index >= 15 is 0 Å². The Labute approximate surface area is 163 Å². The summed E-state index contributed by atoms with van der Waals surface area (Å²) in [6.07, 6.45) is 1.18. The second-order valence-corrected chi connectivity index (χ2v) is 9.22. The van der Waals surface area contributed by atoms with E-state index in [0.717, 1.165) is 23.9 Å². The van der Waals surface area contributed by atoms with Crippen molar-refractivity contribution in [3.8, 4) is 0 Å². The van der Waals surface area contributed by atoms with Crippen LogP contribution in [-0.2, 0) is 11.3 Å². The van der Waals surface area contributed by atoms with E-state index in [0.29, 0.717) is 24.3 Å². The summed E-state index contributed by atoms with van der Waals surface area (Å²) in [5.41, 5.74) is 1.02. The maximum Gasteiger partial charge on any atom is 0.232 e. The van der Waals surface area contributed by atoms with E-state index in [9.17, 15) is 9.18 Å². The lowest BCUT2D eigenvalue weighted by Crippen LogP contribution is -2.43. The van der Waals surface area contributed by atoms with Crippen LogP contribution in [-0.4, -0.2) is 36.1 Å². The van der Waals surface area contributed by atoms with Gasteiger partial charge in [0.15, 0.2) is 5.13 Å². The molecule has 2 atom stereocenters. The second kappa shape index (κ2) is 6.87. The first kappa shape index (κ1) is 18.4. The van der Waals surface area contributed by atoms with E-state index in [1.54, 1.807) is 28.4 Å². The smallest absolute Gasteiger partial charge is 0.232 e. The summed E-state index contributed by atoms with van der Waals surface area (Å²) in [7, 11) is 0. The monoisotopic (exact) mass is 388 g/mol. The van der Waals surface area contributed by atoms with E-state index in [1.165, 1.54) is 18.6 Å². The van der Waals surface area contributed by atoms with Crippen LogP contribution in [0.3, 0.4) is 0 Å². The van der Waals surface area contributed by atoms with Crippen LogP contribution in [0.4, 0.5) is 15.2 Å². The van der Waals surface area contributed by atoms with Gasteiger partial charge in [-0.2, -0.15) is 0 Å². The number of thiazole rings is 1. The van der Waals surface area contributed by atoms with Crippen molar-refractivity contribution < 1.29 is 9.18 Å². The summed E-state index contributed by atoms with van der Waals surface area (Å²) in [5.74, 6) is -0.316. The van der Waals surface area contributed by atoms with Crippen molar-refractivity contribution in [3.05, 3.63) is 41.2 Å². The summed E-state index contributed by atoms with van der Waals surface area (Å²) in [6.45, 7) is 8.09. The Morgan fingerprint density at radius 2 is 2.11 bits per heavy atom. The largest absolute Gasteiger partial charge is 0.342 e. The molecule has 0 aliphatic carbocycles. The normalized spacial score (nSPS) is 21.7. The van der Waals surface area contributed by atoms with Crippen molar-refractivity contribution in [1.82, 2.24) is 10.3 Å². The Kier molecular flexibility index (Phi) is 4.68. The molecule has 2 aliphatic heterocycles. The number of carbonyl (C=O) groups is 1. The number of fused-ring (bicyclic) bond motifs is 2. The molecule has 2 aromatic rings. The average molecular weight is 389 g/mol. The van der Waals surface area contributed by atoms with Crippen molar-refractivity contribution >= 4 is 28.1 Å². The fraction of sp³-hybridized carbons (Fsp3) is 0.500. The fourth-order valence-electron chi connectivity index (χ4n) is 3.76. The summed E-state index contributed by atoms with van der Waals surface area (Å²) < 4.78 is 13.3. The topological polar surface area (TPSA) is 48.5 Å². The van der Waals surface area contributed by atoms with Gasteiger partial charge in [0.1, 0.15) is 5.82 Å². The number of nitrogens with zero attached hydrogens (tertiary/aromatic N) is 3. The molecule has 2 bridgehead atoms. The lowest BCUT2D eigenvalue weighted by atomic mass is 9.94. The average Bonchev–Trinajstić information content (AvgIpc) is 3.35. The molecule has 0 spiro atoms. The quantitative estimate of drug-likeness (QED) is 0.872. The van der Waals surface area contributed by atoms with Crippen molar-refractivity contribution in [1.29, 1.82) is 0 Å². The van der Waals surface area contributed by atoms with Gasteiger partial charge in [0.05, 0.1) is 12.2 Å². The Morgan fingerprint density at radius 1 is 1.37 bits per heavy atom. The number of amides is 1. The highest BCUT2D eigenvalue weighted by atomic mass is 32.1. The molecule has 1 aromatic heterocycles. The molecule has 1 amide bonds. The van der Waals surface area contributed by atoms with Crippen LogP contribution in [0.25, 0.3) is 0 Å². The molecule has 1 N–H and O–H groups in total. The molecule has 2 saturated heterocycles. The fourth-order valence-corrected chi connectivity index (χ4v) is 4.66. The van der Waals surface area contributed by atoms with Gasteiger partial charge >= 0.3 is 0 Å². The van der Waals surface area contributed by atoms with Crippen molar-refractivity contribution in [3.63, 3.8) is 0 Å². The third kappa shape index (κ3) is 3.71. The molecule has 2 fully saturated rings. The van der Waals surface area contributed by atoms with Gasteiger partial charge in [-0.3, -0.25) is 4.79 Å². The maximum atomic E-state index is 13.3. The van der Waals surface area contributed by atoms with Crippen LogP contribution in [0.2, 0.25) is 0 Å². The van der Waals surface area contributed by atoms with E-state index in [2.05, 4.69) is 10.2 Å². The van der Waals surface area contributed by atoms with E-state index in [4.69, 9.17) is 4.98 Å². The molecular weight excluding hydrogens is 363 g/mol. The van der Waals surface area contributed by atoms with Crippen LogP contribution in [0.15, 0.2) is 29.6 Å². The van der Waals surface area contributed by atoms with Crippen LogP contribution in [0.5, 0.6) is 0 Å². The van der Waals surface area contributed by atoms with E-state index in [1.807, 2.05) is 26.2 Å². The molecule has 144 valence electrons. The van der Waals surface area contributed by atoms with Gasteiger partial charge in [-0.1, -0.05) is 20.8 Å². The Balaban J connectivity index is 1.56. The molecule has 1 aromatic carbocycles. The molecule has 27 heavy (non-hydrogen) atoms. The summed E-state index contributed by atoms with van der Waals surface area (Å²) in [5, 5.41) is 6.56. The Morgan fingerprint density at radius 3 is 2.70 bits per heavy atom. The predicted octanol–water partition coefficient (Wildman–Crippen LogP) is 3.41. The highest BCUT2D eigenvalue weighted by molar-refractivity contribution is 7.13. The van der Waals surface area contributed by atoms with E-state index in [-0.39, 0.29) is 11.7 Å².